The zero-order valence-corrected chi connectivity index (χ0v) is 12.0. The van der Waals surface area contributed by atoms with Crippen molar-refractivity contribution in [1.82, 2.24) is 0 Å². The van der Waals surface area contributed by atoms with Crippen LogP contribution in [0.4, 0.5) is 0 Å². The molecule has 2 rings (SSSR count). The molecule has 0 N–H and O–H groups in total. The van der Waals surface area contributed by atoms with Crippen LogP contribution in [0.5, 0.6) is 0 Å². The highest BCUT2D eigenvalue weighted by Crippen LogP contribution is 2.28. The number of ketones is 1. The predicted octanol–water partition coefficient (Wildman–Crippen LogP) is 4.16. The molecule has 0 aliphatic rings. The number of hydrogen-bond acceptors (Lipinski definition) is 3. The van der Waals surface area contributed by atoms with Crippen molar-refractivity contribution in [3.63, 3.8) is 0 Å². The van der Waals surface area contributed by atoms with Gasteiger partial charge in [-0.25, -0.2) is 0 Å². The van der Waals surface area contributed by atoms with Crippen LogP contribution in [0.1, 0.15) is 37.2 Å². The highest BCUT2D eigenvalue weighted by molar-refractivity contribution is 7.14. The first-order valence-corrected chi connectivity index (χ1v) is 6.92. The van der Waals surface area contributed by atoms with Crippen molar-refractivity contribution in [1.29, 1.82) is 5.26 Å². The van der Waals surface area contributed by atoms with Gasteiger partial charge in [-0.05, 0) is 43.5 Å². The summed E-state index contributed by atoms with van der Waals surface area (Å²) in [4.78, 5) is 14.3. The monoisotopic (exact) mass is 269 g/mol. The number of nitrogens with zero attached hydrogens (tertiary/aromatic N) is 1. The van der Waals surface area contributed by atoms with Crippen molar-refractivity contribution in [3.8, 4) is 6.07 Å². The molecular weight excluding hydrogens is 254 g/mol. The van der Waals surface area contributed by atoms with E-state index in [0.29, 0.717) is 4.88 Å². The fourth-order valence-corrected chi connectivity index (χ4v) is 3.02. The molecule has 1 aromatic heterocycles. The molecule has 2 nitrogen and oxygen atoms in total. The van der Waals surface area contributed by atoms with Gasteiger partial charge in [-0.2, -0.15) is 5.26 Å². The lowest BCUT2D eigenvalue weighted by Crippen LogP contribution is -2.11. The summed E-state index contributed by atoms with van der Waals surface area (Å²) < 4.78 is 0. The predicted molar refractivity (Wildman–Crippen MR) is 77.7 cm³/mol. The number of carbonyl (C=O) groups is 1. The maximum absolute atomic E-state index is 12.5. The summed E-state index contributed by atoms with van der Waals surface area (Å²) in [7, 11) is 0. The minimum absolute atomic E-state index is 0.0991. The summed E-state index contributed by atoms with van der Waals surface area (Å²) >= 11 is 1.47. The van der Waals surface area contributed by atoms with Crippen LogP contribution in [-0.2, 0) is 0 Å². The van der Waals surface area contributed by atoms with Crippen molar-refractivity contribution in [2.45, 2.75) is 26.7 Å². The van der Waals surface area contributed by atoms with Crippen molar-refractivity contribution in [2.24, 2.45) is 0 Å². The third-order valence-electron chi connectivity index (χ3n) is 3.30. The molecule has 0 amide bonds. The summed E-state index contributed by atoms with van der Waals surface area (Å²) in [6.45, 7) is 5.90. The number of Topliss-reactive ketones (excluding diaryl/α,β-unsaturated/α-hetero) is 1. The van der Waals surface area contributed by atoms with Gasteiger partial charge >= 0.3 is 0 Å². The molecule has 0 saturated heterocycles. The average Bonchev–Trinajstić information content (AvgIpc) is 2.73. The second kappa shape index (κ2) is 5.38. The molecule has 96 valence electrons. The van der Waals surface area contributed by atoms with E-state index in [0.717, 1.165) is 21.6 Å². The maximum Gasteiger partial charge on any atom is 0.194 e. The highest BCUT2D eigenvalue weighted by atomic mass is 32.1. The van der Waals surface area contributed by atoms with Crippen LogP contribution < -0.4 is 0 Å². The van der Waals surface area contributed by atoms with Crippen molar-refractivity contribution >= 4 is 17.1 Å². The van der Waals surface area contributed by atoms with Gasteiger partial charge in [0.1, 0.15) is 5.92 Å². The van der Waals surface area contributed by atoms with E-state index in [4.69, 9.17) is 0 Å². The quantitative estimate of drug-likeness (QED) is 0.785. The van der Waals surface area contributed by atoms with Gasteiger partial charge in [0.25, 0.3) is 0 Å². The van der Waals surface area contributed by atoms with Gasteiger partial charge in [0.2, 0.25) is 0 Å². The lowest BCUT2D eigenvalue weighted by Gasteiger charge is -2.10. The molecular formula is C16H15NOS. The zero-order valence-electron chi connectivity index (χ0n) is 11.2. The highest BCUT2D eigenvalue weighted by Gasteiger charge is 2.24. The Morgan fingerprint density at radius 2 is 1.89 bits per heavy atom. The average molecular weight is 269 g/mol. The summed E-state index contributed by atoms with van der Waals surface area (Å²) in [5, 5.41) is 9.35. The largest absolute Gasteiger partial charge is 0.291 e. The zero-order chi connectivity index (χ0) is 14.0. The van der Waals surface area contributed by atoms with Crippen LogP contribution in [0, 0.1) is 32.1 Å². The lowest BCUT2D eigenvalue weighted by molar-refractivity contribution is 0.0982. The Morgan fingerprint density at radius 3 is 2.42 bits per heavy atom. The summed E-state index contributed by atoms with van der Waals surface area (Å²) in [5.74, 6) is -0.809. The first kappa shape index (κ1) is 13.5. The second-order valence-corrected chi connectivity index (χ2v) is 5.89. The van der Waals surface area contributed by atoms with Crippen molar-refractivity contribution in [3.05, 3.63) is 56.8 Å². The first-order chi connectivity index (χ1) is 9.04. The van der Waals surface area contributed by atoms with Crippen molar-refractivity contribution in [2.75, 3.05) is 0 Å². The van der Waals surface area contributed by atoms with Gasteiger partial charge < -0.3 is 0 Å². The van der Waals surface area contributed by atoms with Gasteiger partial charge in [-0.1, -0.05) is 24.3 Å². The number of hydrogen-bond donors (Lipinski definition) is 0. The third-order valence-corrected chi connectivity index (χ3v) is 4.47. The molecule has 3 heteroatoms. The smallest absolute Gasteiger partial charge is 0.194 e. The Hall–Kier alpha value is -1.92. The van der Waals surface area contributed by atoms with E-state index in [1.54, 1.807) is 0 Å². The minimum atomic E-state index is -0.710. The summed E-state index contributed by atoms with van der Waals surface area (Å²) in [6, 6.07) is 11.6. The first-order valence-electron chi connectivity index (χ1n) is 6.11. The fraction of sp³-hybridized carbons (Fsp3) is 0.250. The van der Waals surface area contributed by atoms with Gasteiger partial charge in [0.05, 0.1) is 10.9 Å². The Bertz CT molecular complexity index is 644. The number of benzene rings is 1. The summed E-state index contributed by atoms with van der Waals surface area (Å²) in [5.41, 5.74) is 2.89. The Balaban J connectivity index is 2.41. The molecule has 19 heavy (non-hydrogen) atoms. The molecule has 0 bridgehead atoms. The molecule has 0 saturated carbocycles. The normalized spacial score (nSPS) is 11.9. The molecule has 1 heterocycles. The molecule has 1 aromatic carbocycles. The molecule has 2 aromatic rings. The minimum Gasteiger partial charge on any atom is -0.291 e. The standard InChI is InChI=1S/C16H15NOS/c1-10-6-4-5-7-13(10)14(9-17)16(18)15-8-11(2)12(3)19-15/h4-8,14H,1-3H3. The lowest BCUT2D eigenvalue weighted by atomic mass is 9.91. The van der Waals surface area contributed by atoms with E-state index < -0.39 is 5.92 Å². The maximum atomic E-state index is 12.5. The van der Waals surface area contributed by atoms with Gasteiger partial charge in [0, 0.05) is 4.88 Å². The molecule has 0 spiro atoms. The number of nitriles is 1. The van der Waals surface area contributed by atoms with Crippen LogP contribution in [0.2, 0.25) is 0 Å². The third kappa shape index (κ3) is 2.59. The molecule has 0 radical (unpaired) electrons. The van der Waals surface area contributed by atoms with E-state index in [1.807, 2.05) is 51.1 Å². The number of rotatable bonds is 3. The molecule has 1 atom stereocenters. The van der Waals surface area contributed by atoms with Crippen LogP contribution >= 0.6 is 11.3 Å². The number of aryl methyl sites for hydroxylation is 3. The second-order valence-electron chi connectivity index (χ2n) is 4.63. The summed E-state index contributed by atoms with van der Waals surface area (Å²) in [6.07, 6.45) is 0. The SMILES string of the molecule is Cc1ccccc1C(C#N)C(=O)c1cc(C)c(C)s1. The number of thiophene rings is 1. The fourth-order valence-electron chi connectivity index (χ4n) is 2.02. The Labute approximate surface area is 117 Å². The van der Waals surface area contributed by atoms with Gasteiger partial charge in [-0.3, -0.25) is 4.79 Å². The van der Waals surface area contributed by atoms with E-state index in [2.05, 4.69) is 6.07 Å². The van der Waals surface area contributed by atoms with Crippen LogP contribution in [0.15, 0.2) is 30.3 Å². The molecule has 0 aliphatic heterocycles. The topological polar surface area (TPSA) is 40.9 Å². The molecule has 0 fully saturated rings. The Kier molecular flexibility index (Phi) is 3.82. The van der Waals surface area contributed by atoms with E-state index in [9.17, 15) is 10.1 Å². The van der Waals surface area contributed by atoms with Gasteiger partial charge in [0.15, 0.2) is 5.78 Å². The molecule has 0 aliphatic carbocycles. The van der Waals surface area contributed by atoms with Crippen molar-refractivity contribution < 1.29 is 4.79 Å². The van der Waals surface area contributed by atoms with Crippen LogP contribution in [0.3, 0.4) is 0 Å². The van der Waals surface area contributed by atoms with E-state index in [-0.39, 0.29) is 5.78 Å². The van der Waals surface area contributed by atoms with Gasteiger partial charge in [-0.15, -0.1) is 11.3 Å². The van der Waals surface area contributed by atoms with E-state index >= 15 is 0 Å². The van der Waals surface area contributed by atoms with Crippen LogP contribution in [-0.4, -0.2) is 5.78 Å². The molecule has 1 unspecified atom stereocenters. The van der Waals surface area contributed by atoms with E-state index in [1.165, 1.54) is 11.3 Å². The Morgan fingerprint density at radius 1 is 1.21 bits per heavy atom. The van der Waals surface area contributed by atoms with Crippen LogP contribution in [0.25, 0.3) is 0 Å². The number of carbonyl (C=O) groups excluding carboxylic acids is 1.